The molecule has 1 aliphatic rings. The van der Waals surface area contributed by atoms with Crippen molar-refractivity contribution in [2.45, 2.75) is 59.5 Å². The van der Waals surface area contributed by atoms with Crippen LogP contribution in [-0.4, -0.2) is 52.4 Å². The van der Waals surface area contributed by atoms with Crippen LogP contribution >= 0.6 is 24.0 Å². The standard InChI is InChI=1S/C26H29ClF2N2O5.C2H6.ClH/c1-16(2)14-30(22(13-26(34)35)18-4-5-19(27)20(28)12-18)15-17-3-6-23(21(29)11-17)36-10-9-31-24(32)7-8-25(31)33;1-2;/h3-6,11-12,16,22H,7-10,13-15H2,1-2H3,(H,34,35);1-2H3;1H. The Bertz CT molecular complexity index is 1120. The van der Waals surface area contributed by atoms with E-state index in [4.69, 9.17) is 16.3 Å². The van der Waals surface area contributed by atoms with Gasteiger partial charge in [0.1, 0.15) is 12.4 Å². The first kappa shape index (κ1) is 34.3. The van der Waals surface area contributed by atoms with Gasteiger partial charge in [-0.05, 0) is 41.3 Å². The lowest BCUT2D eigenvalue weighted by Crippen LogP contribution is -2.33. The summed E-state index contributed by atoms with van der Waals surface area (Å²) < 4.78 is 34.4. The molecule has 216 valence electrons. The van der Waals surface area contributed by atoms with Crippen molar-refractivity contribution in [3.05, 3.63) is 64.2 Å². The van der Waals surface area contributed by atoms with Gasteiger partial charge < -0.3 is 9.84 Å². The first-order chi connectivity index (χ1) is 18.0. The van der Waals surface area contributed by atoms with Gasteiger partial charge >= 0.3 is 5.97 Å². The van der Waals surface area contributed by atoms with Crippen LogP contribution in [0.5, 0.6) is 5.75 Å². The van der Waals surface area contributed by atoms with E-state index in [9.17, 15) is 28.3 Å². The number of hydrogen-bond donors (Lipinski definition) is 1. The van der Waals surface area contributed by atoms with Crippen LogP contribution < -0.4 is 4.74 Å². The second-order valence-corrected chi connectivity index (χ2v) is 9.57. The third-order valence-corrected chi connectivity index (χ3v) is 6.15. The number of halogens is 4. The van der Waals surface area contributed by atoms with Gasteiger partial charge in [0.15, 0.2) is 11.6 Å². The lowest BCUT2D eigenvalue weighted by atomic mass is 9.99. The lowest BCUT2D eigenvalue weighted by Gasteiger charge is -2.33. The van der Waals surface area contributed by atoms with Gasteiger partial charge in [0, 0.05) is 32.0 Å². The zero-order valence-electron chi connectivity index (χ0n) is 22.6. The molecule has 1 fully saturated rings. The summed E-state index contributed by atoms with van der Waals surface area (Å²) >= 11 is 5.81. The molecule has 1 saturated heterocycles. The van der Waals surface area contributed by atoms with Crippen LogP contribution in [-0.2, 0) is 20.9 Å². The van der Waals surface area contributed by atoms with E-state index >= 15 is 0 Å². The van der Waals surface area contributed by atoms with Crippen molar-refractivity contribution < 1.29 is 33.0 Å². The predicted octanol–water partition coefficient (Wildman–Crippen LogP) is 6.27. The third-order valence-electron chi connectivity index (χ3n) is 5.85. The van der Waals surface area contributed by atoms with Crippen molar-refractivity contribution in [3.63, 3.8) is 0 Å². The molecule has 1 N–H and O–H groups in total. The van der Waals surface area contributed by atoms with Gasteiger partial charge in [-0.1, -0.05) is 51.4 Å². The second-order valence-electron chi connectivity index (χ2n) is 9.16. The Morgan fingerprint density at radius 1 is 1.08 bits per heavy atom. The van der Waals surface area contributed by atoms with E-state index in [0.29, 0.717) is 17.7 Å². The summed E-state index contributed by atoms with van der Waals surface area (Å²) in [5, 5.41) is 9.47. The summed E-state index contributed by atoms with van der Waals surface area (Å²) in [5.74, 6) is -2.70. The van der Waals surface area contributed by atoms with E-state index in [1.54, 1.807) is 12.1 Å². The van der Waals surface area contributed by atoms with Crippen LogP contribution in [0.2, 0.25) is 5.02 Å². The number of nitrogens with zero attached hydrogens (tertiary/aromatic N) is 2. The summed E-state index contributed by atoms with van der Waals surface area (Å²) in [6.07, 6.45) is 0.0893. The first-order valence-electron chi connectivity index (χ1n) is 12.7. The van der Waals surface area contributed by atoms with Gasteiger partial charge in [-0.25, -0.2) is 8.78 Å². The zero-order chi connectivity index (χ0) is 28.4. The summed E-state index contributed by atoms with van der Waals surface area (Å²) in [7, 11) is 0. The predicted molar refractivity (Wildman–Crippen MR) is 148 cm³/mol. The molecule has 1 heterocycles. The number of rotatable bonds is 12. The minimum absolute atomic E-state index is 0. The Hall–Kier alpha value is -2.75. The van der Waals surface area contributed by atoms with Crippen LogP contribution in [0.3, 0.4) is 0 Å². The van der Waals surface area contributed by atoms with Crippen molar-refractivity contribution in [1.82, 2.24) is 9.80 Å². The molecule has 3 rings (SSSR count). The molecule has 0 spiro atoms. The molecule has 0 radical (unpaired) electrons. The van der Waals surface area contributed by atoms with Crippen LogP contribution in [0, 0.1) is 17.6 Å². The van der Waals surface area contributed by atoms with Gasteiger partial charge in [0.05, 0.1) is 18.0 Å². The maximum Gasteiger partial charge on any atom is 0.305 e. The van der Waals surface area contributed by atoms with Crippen molar-refractivity contribution in [1.29, 1.82) is 0 Å². The molecule has 7 nitrogen and oxygen atoms in total. The Morgan fingerprint density at radius 3 is 2.26 bits per heavy atom. The monoisotopic (exact) mass is 588 g/mol. The first-order valence-corrected chi connectivity index (χ1v) is 13.1. The highest BCUT2D eigenvalue weighted by atomic mass is 35.5. The van der Waals surface area contributed by atoms with Crippen molar-refractivity contribution in [2.75, 3.05) is 19.7 Å². The third kappa shape index (κ3) is 10.1. The molecule has 0 aliphatic carbocycles. The Labute approximate surface area is 239 Å². The summed E-state index contributed by atoms with van der Waals surface area (Å²) in [4.78, 5) is 38.0. The van der Waals surface area contributed by atoms with Crippen LogP contribution in [0.1, 0.15) is 64.1 Å². The number of imide groups is 1. The van der Waals surface area contributed by atoms with Crippen molar-refractivity contribution in [2.24, 2.45) is 5.92 Å². The van der Waals surface area contributed by atoms with Gasteiger partial charge in [-0.15, -0.1) is 12.4 Å². The summed E-state index contributed by atoms with van der Waals surface area (Å²) in [6.45, 7) is 8.67. The molecule has 2 aromatic rings. The van der Waals surface area contributed by atoms with E-state index in [2.05, 4.69) is 0 Å². The summed E-state index contributed by atoms with van der Waals surface area (Å²) in [6, 6.07) is 7.99. The second kappa shape index (κ2) is 16.4. The van der Waals surface area contributed by atoms with Crippen LogP contribution in [0.25, 0.3) is 0 Å². The Balaban J connectivity index is 0.00000248. The number of benzene rings is 2. The van der Waals surface area contributed by atoms with E-state index in [1.165, 1.54) is 24.3 Å². The Morgan fingerprint density at radius 2 is 1.72 bits per heavy atom. The van der Waals surface area contributed by atoms with E-state index in [0.717, 1.165) is 4.90 Å². The van der Waals surface area contributed by atoms with E-state index in [-0.39, 0.29) is 79.9 Å². The summed E-state index contributed by atoms with van der Waals surface area (Å²) in [5.41, 5.74) is 1.04. The topological polar surface area (TPSA) is 87.2 Å². The molecule has 2 aromatic carbocycles. The quantitative estimate of drug-likeness (QED) is 0.294. The number of ether oxygens (including phenoxy) is 1. The highest BCUT2D eigenvalue weighted by Crippen LogP contribution is 2.30. The van der Waals surface area contributed by atoms with Gasteiger partial charge in [0.25, 0.3) is 0 Å². The van der Waals surface area contributed by atoms with Gasteiger partial charge in [0.2, 0.25) is 11.8 Å². The van der Waals surface area contributed by atoms with E-state index < -0.39 is 23.6 Å². The highest BCUT2D eigenvalue weighted by molar-refractivity contribution is 6.30. The largest absolute Gasteiger partial charge is 0.489 e. The molecular formula is C28H36Cl2F2N2O5. The molecule has 0 bridgehead atoms. The number of hydrogen-bond acceptors (Lipinski definition) is 5. The Kier molecular flexibility index (Phi) is 14.4. The highest BCUT2D eigenvalue weighted by Gasteiger charge is 2.29. The normalized spacial score (nSPS) is 13.7. The smallest absolute Gasteiger partial charge is 0.305 e. The number of carboxylic acids is 1. The maximum absolute atomic E-state index is 14.8. The molecule has 0 aromatic heterocycles. The average molecular weight is 590 g/mol. The van der Waals surface area contributed by atoms with Crippen molar-refractivity contribution >= 4 is 41.8 Å². The number of carbonyl (C=O) groups is 3. The molecule has 11 heteroatoms. The van der Waals surface area contributed by atoms with Gasteiger partial charge in [-0.3, -0.25) is 24.2 Å². The number of carboxylic acid groups (broad SMARTS) is 1. The fourth-order valence-electron chi connectivity index (χ4n) is 4.23. The minimum atomic E-state index is -1.05. The number of aliphatic carboxylic acids is 1. The maximum atomic E-state index is 14.8. The van der Waals surface area contributed by atoms with E-state index in [1.807, 2.05) is 32.6 Å². The molecule has 2 amide bonds. The lowest BCUT2D eigenvalue weighted by molar-refractivity contribution is -0.140. The molecular weight excluding hydrogens is 553 g/mol. The zero-order valence-corrected chi connectivity index (χ0v) is 24.2. The van der Waals surface area contributed by atoms with Crippen LogP contribution in [0.15, 0.2) is 36.4 Å². The number of likely N-dealkylation sites (tertiary alicyclic amines) is 1. The van der Waals surface area contributed by atoms with Crippen molar-refractivity contribution in [3.8, 4) is 5.75 Å². The molecule has 1 aliphatic heterocycles. The molecule has 39 heavy (non-hydrogen) atoms. The number of amides is 2. The molecule has 1 atom stereocenters. The molecule has 1 unspecified atom stereocenters. The van der Waals surface area contributed by atoms with Crippen LogP contribution in [0.4, 0.5) is 8.78 Å². The SMILES string of the molecule is CC.CC(C)CN(Cc1ccc(OCCN2C(=O)CCC2=O)c(F)c1)C(CC(=O)O)c1ccc(Cl)c(F)c1.Cl. The average Bonchev–Trinajstić information content (AvgIpc) is 3.18. The number of carbonyl (C=O) groups excluding carboxylic acids is 2. The fraction of sp³-hybridized carbons (Fsp3) is 0.464. The molecule has 0 saturated carbocycles. The fourth-order valence-corrected chi connectivity index (χ4v) is 4.34. The van der Waals surface area contributed by atoms with Gasteiger partial charge in [-0.2, -0.15) is 0 Å². The minimum Gasteiger partial charge on any atom is -0.489 e.